The molecule has 0 aliphatic heterocycles. The van der Waals surface area contributed by atoms with Crippen LogP contribution in [0.5, 0.6) is 0 Å². The highest BCUT2D eigenvalue weighted by molar-refractivity contribution is 14.1. The molecule has 0 aliphatic carbocycles. The van der Waals surface area contributed by atoms with Crippen molar-refractivity contribution >= 4 is 22.6 Å². The largest absolute Gasteiger partial charge is 0.324 e. The van der Waals surface area contributed by atoms with Gasteiger partial charge in [-0.1, -0.05) is 6.92 Å². The van der Waals surface area contributed by atoms with Crippen LogP contribution in [0.25, 0.3) is 0 Å². The van der Waals surface area contributed by atoms with Crippen molar-refractivity contribution in [1.82, 2.24) is 0 Å². The molecule has 0 fully saturated rings. The molecule has 1 atom stereocenters. The first-order valence-corrected chi connectivity index (χ1v) is 5.35. The molecule has 3 heteroatoms. The maximum absolute atomic E-state index is 13.3. The van der Waals surface area contributed by atoms with Gasteiger partial charge in [0.25, 0.3) is 0 Å². The van der Waals surface area contributed by atoms with Gasteiger partial charge in [-0.25, -0.2) is 4.39 Å². The Morgan fingerprint density at radius 2 is 2.15 bits per heavy atom. The van der Waals surface area contributed by atoms with Crippen LogP contribution < -0.4 is 5.73 Å². The summed E-state index contributed by atoms with van der Waals surface area (Å²) in [5.41, 5.74) is 7.40. The molecule has 0 amide bonds. The number of hydrogen-bond acceptors (Lipinski definition) is 1. The van der Waals surface area contributed by atoms with Crippen LogP contribution in [0.1, 0.15) is 30.5 Å². The highest BCUT2D eigenvalue weighted by Gasteiger charge is 2.09. The third kappa shape index (κ3) is 2.40. The van der Waals surface area contributed by atoms with E-state index in [1.807, 2.05) is 13.0 Å². The van der Waals surface area contributed by atoms with E-state index in [2.05, 4.69) is 22.6 Å². The summed E-state index contributed by atoms with van der Waals surface area (Å²) in [7, 11) is 0. The van der Waals surface area contributed by atoms with Crippen molar-refractivity contribution in [3.8, 4) is 0 Å². The quantitative estimate of drug-likeness (QED) is 0.833. The van der Waals surface area contributed by atoms with Gasteiger partial charge in [-0.3, -0.25) is 0 Å². The SMILES string of the molecule is CCC(N)c1cc(F)c(C)c(I)c1. The van der Waals surface area contributed by atoms with Crippen LogP contribution in [-0.4, -0.2) is 0 Å². The molecule has 1 aromatic carbocycles. The lowest BCUT2D eigenvalue weighted by Gasteiger charge is -2.11. The summed E-state index contributed by atoms with van der Waals surface area (Å²) in [6.07, 6.45) is 0.832. The van der Waals surface area contributed by atoms with Crippen LogP contribution >= 0.6 is 22.6 Å². The van der Waals surface area contributed by atoms with Crippen LogP contribution in [0.4, 0.5) is 4.39 Å². The van der Waals surface area contributed by atoms with Crippen LogP contribution in [0.3, 0.4) is 0 Å². The standard InChI is InChI=1S/C10H13FIN/c1-3-10(13)7-4-8(11)6(2)9(12)5-7/h4-5,10H,3,13H2,1-2H3. The summed E-state index contributed by atoms with van der Waals surface area (Å²) >= 11 is 2.13. The molecule has 1 nitrogen and oxygen atoms in total. The lowest BCUT2D eigenvalue weighted by molar-refractivity contribution is 0.606. The summed E-state index contributed by atoms with van der Waals surface area (Å²) in [6, 6.07) is 3.43. The minimum Gasteiger partial charge on any atom is -0.324 e. The normalized spacial score (nSPS) is 13.0. The van der Waals surface area contributed by atoms with Crippen molar-refractivity contribution in [2.45, 2.75) is 26.3 Å². The van der Waals surface area contributed by atoms with Crippen molar-refractivity contribution in [1.29, 1.82) is 0 Å². The second kappa shape index (κ2) is 4.37. The molecule has 0 aromatic heterocycles. The van der Waals surface area contributed by atoms with Gasteiger partial charge in [0.05, 0.1) is 0 Å². The molecular weight excluding hydrogens is 280 g/mol. The van der Waals surface area contributed by atoms with Gasteiger partial charge >= 0.3 is 0 Å². The Hall–Kier alpha value is -0.160. The zero-order valence-electron chi connectivity index (χ0n) is 7.77. The molecule has 13 heavy (non-hydrogen) atoms. The molecule has 0 saturated carbocycles. The molecule has 0 bridgehead atoms. The molecule has 1 aromatic rings. The Morgan fingerprint density at radius 1 is 1.54 bits per heavy atom. The van der Waals surface area contributed by atoms with E-state index < -0.39 is 0 Å². The highest BCUT2D eigenvalue weighted by Crippen LogP contribution is 2.22. The van der Waals surface area contributed by atoms with Gasteiger partial charge in [0.15, 0.2) is 0 Å². The van der Waals surface area contributed by atoms with Crippen molar-refractivity contribution < 1.29 is 4.39 Å². The predicted octanol–water partition coefficient (Wildman–Crippen LogP) is 3.15. The van der Waals surface area contributed by atoms with Crippen LogP contribution in [-0.2, 0) is 0 Å². The minimum atomic E-state index is -0.161. The second-order valence-corrected chi connectivity index (χ2v) is 4.29. The van der Waals surface area contributed by atoms with Gasteiger partial charge in [-0.05, 0) is 59.2 Å². The maximum atomic E-state index is 13.3. The number of hydrogen-bond donors (Lipinski definition) is 1. The Kier molecular flexibility index (Phi) is 3.67. The molecule has 2 N–H and O–H groups in total. The monoisotopic (exact) mass is 293 g/mol. The first-order valence-electron chi connectivity index (χ1n) is 4.27. The second-order valence-electron chi connectivity index (χ2n) is 3.12. The summed E-state index contributed by atoms with van der Waals surface area (Å²) in [5, 5.41) is 0. The highest BCUT2D eigenvalue weighted by atomic mass is 127. The van der Waals surface area contributed by atoms with Crippen LogP contribution in [0.2, 0.25) is 0 Å². The van der Waals surface area contributed by atoms with E-state index in [1.54, 1.807) is 6.92 Å². The summed E-state index contributed by atoms with van der Waals surface area (Å²) in [6.45, 7) is 3.77. The lowest BCUT2D eigenvalue weighted by Crippen LogP contribution is -2.09. The van der Waals surface area contributed by atoms with E-state index in [0.717, 1.165) is 15.6 Å². The summed E-state index contributed by atoms with van der Waals surface area (Å²) in [4.78, 5) is 0. The van der Waals surface area contributed by atoms with Crippen LogP contribution in [0, 0.1) is 16.3 Å². The van der Waals surface area contributed by atoms with E-state index in [4.69, 9.17) is 5.73 Å². The Bertz CT molecular complexity index is 289. The Balaban J connectivity index is 3.13. The number of rotatable bonds is 2. The topological polar surface area (TPSA) is 26.0 Å². The van der Waals surface area contributed by atoms with Crippen LogP contribution in [0.15, 0.2) is 12.1 Å². The number of nitrogens with two attached hydrogens (primary N) is 1. The van der Waals surface area contributed by atoms with Crippen molar-refractivity contribution in [3.05, 3.63) is 32.6 Å². The average molecular weight is 293 g/mol. The maximum Gasteiger partial charge on any atom is 0.127 e. The molecule has 1 rings (SSSR count). The number of benzene rings is 1. The van der Waals surface area contributed by atoms with Gasteiger partial charge in [-0.15, -0.1) is 0 Å². The van der Waals surface area contributed by atoms with Gasteiger partial charge in [0.2, 0.25) is 0 Å². The Labute approximate surface area is 91.7 Å². The van der Waals surface area contributed by atoms with Gasteiger partial charge in [0, 0.05) is 9.61 Å². The van der Waals surface area contributed by atoms with Crippen molar-refractivity contribution in [2.24, 2.45) is 5.73 Å². The zero-order chi connectivity index (χ0) is 10.0. The van der Waals surface area contributed by atoms with Crippen molar-refractivity contribution in [2.75, 3.05) is 0 Å². The van der Waals surface area contributed by atoms with Crippen molar-refractivity contribution in [3.63, 3.8) is 0 Å². The molecule has 0 aliphatic rings. The van der Waals surface area contributed by atoms with E-state index in [9.17, 15) is 4.39 Å². The molecule has 0 heterocycles. The Morgan fingerprint density at radius 3 is 2.62 bits per heavy atom. The lowest BCUT2D eigenvalue weighted by atomic mass is 10.0. The predicted molar refractivity (Wildman–Crippen MR) is 61.1 cm³/mol. The minimum absolute atomic E-state index is 0.0522. The van der Waals surface area contributed by atoms with E-state index >= 15 is 0 Å². The summed E-state index contributed by atoms with van der Waals surface area (Å²) in [5.74, 6) is -0.161. The van der Waals surface area contributed by atoms with E-state index in [0.29, 0.717) is 5.56 Å². The summed E-state index contributed by atoms with van der Waals surface area (Å²) < 4.78 is 14.2. The first kappa shape index (κ1) is 10.9. The van der Waals surface area contributed by atoms with Gasteiger partial charge < -0.3 is 5.73 Å². The molecular formula is C10H13FIN. The molecule has 0 radical (unpaired) electrons. The van der Waals surface area contributed by atoms with Gasteiger partial charge in [0.1, 0.15) is 5.82 Å². The number of halogens is 2. The molecule has 1 unspecified atom stereocenters. The average Bonchev–Trinajstić information content (AvgIpc) is 2.12. The van der Waals surface area contributed by atoms with Gasteiger partial charge in [-0.2, -0.15) is 0 Å². The third-order valence-electron chi connectivity index (χ3n) is 2.17. The first-order chi connectivity index (χ1) is 6.06. The smallest absolute Gasteiger partial charge is 0.127 e. The third-order valence-corrected chi connectivity index (χ3v) is 3.29. The molecule has 0 spiro atoms. The van der Waals surface area contributed by atoms with E-state index in [-0.39, 0.29) is 11.9 Å². The molecule has 72 valence electrons. The fraction of sp³-hybridized carbons (Fsp3) is 0.400. The fourth-order valence-electron chi connectivity index (χ4n) is 1.11. The zero-order valence-corrected chi connectivity index (χ0v) is 9.93. The van der Waals surface area contributed by atoms with E-state index in [1.165, 1.54) is 6.07 Å². The molecule has 0 saturated heterocycles. The fourth-order valence-corrected chi connectivity index (χ4v) is 1.73.